The molecule has 3 N–H and O–H groups in total. The standard InChI is InChI=1S/C14H25N3O4S3.ClH/c1-3-23(18,19)16-8-6-12-4-5-13(22-12)24(20,21)17-9-7-14(2,10-15)11-17;/h4-5,16H,3,6-11,15H2,1-2H3;1H. The molecule has 1 aliphatic heterocycles. The number of rotatable bonds is 8. The van der Waals surface area contributed by atoms with E-state index in [-0.39, 0.29) is 30.1 Å². The number of halogens is 1. The molecule has 2 rings (SSSR count). The molecule has 1 saturated heterocycles. The molecule has 1 unspecified atom stereocenters. The van der Waals surface area contributed by atoms with Gasteiger partial charge in [0, 0.05) is 24.5 Å². The predicted molar refractivity (Wildman–Crippen MR) is 103 cm³/mol. The Morgan fingerprint density at radius 3 is 2.56 bits per heavy atom. The van der Waals surface area contributed by atoms with Gasteiger partial charge in [0.15, 0.2) is 0 Å². The summed E-state index contributed by atoms with van der Waals surface area (Å²) in [5.74, 6) is 0.0337. The van der Waals surface area contributed by atoms with Crippen LogP contribution in [0.25, 0.3) is 0 Å². The molecular formula is C14H26ClN3O4S3. The van der Waals surface area contributed by atoms with Crippen LogP contribution in [0.2, 0.25) is 0 Å². The average Bonchev–Trinajstić information content (AvgIpc) is 3.15. The molecule has 7 nitrogen and oxygen atoms in total. The molecule has 0 aromatic carbocycles. The molecule has 1 atom stereocenters. The summed E-state index contributed by atoms with van der Waals surface area (Å²) >= 11 is 1.20. The van der Waals surface area contributed by atoms with E-state index in [4.69, 9.17) is 5.73 Å². The SMILES string of the molecule is CCS(=O)(=O)NCCc1ccc(S(=O)(=O)N2CCC(C)(CN)C2)s1.Cl. The monoisotopic (exact) mass is 431 g/mol. The zero-order valence-electron chi connectivity index (χ0n) is 14.4. The van der Waals surface area contributed by atoms with Crippen LogP contribution in [0.1, 0.15) is 25.1 Å². The zero-order chi connectivity index (χ0) is 18.0. The highest BCUT2D eigenvalue weighted by atomic mass is 35.5. The first-order valence-electron chi connectivity index (χ1n) is 7.88. The van der Waals surface area contributed by atoms with Crippen LogP contribution in [0.5, 0.6) is 0 Å². The molecule has 0 saturated carbocycles. The van der Waals surface area contributed by atoms with Crippen LogP contribution in [0, 0.1) is 5.41 Å². The van der Waals surface area contributed by atoms with Crippen molar-refractivity contribution in [1.29, 1.82) is 0 Å². The van der Waals surface area contributed by atoms with Crippen molar-refractivity contribution in [1.82, 2.24) is 9.03 Å². The molecule has 0 spiro atoms. The summed E-state index contributed by atoms with van der Waals surface area (Å²) in [5.41, 5.74) is 5.58. The smallest absolute Gasteiger partial charge is 0.252 e. The average molecular weight is 432 g/mol. The van der Waals surface area contributed by atoms with Gasteiger partial charge >= 0.3 is 0 Å². The molecule has 1 aliphatic rings. The van der Waals surface area contributed by atoms with Crippen LogP contribution in [0.15, 0.2) is 16.3 Å². The summed E-state index contributed by atoms with van der Waals surface area (Å²) in [4.78, 5) is 0.841. The highest BCUT2D eigenvalue weighted by Gasteiger charge is 2.39. The maximum Gasteiger partial charge on any atom is 0.252 e. The van der Waals surface area contributed by atoms with E-state index in [1.165, 1.54) is 15.6 Å². The fourth-order valence-corrected chi connectivity index (χ4v) is 6.26. The van der Waals surface area contributed by atoms with E-state index in [1.54, 1.807) is 19.1 Å². The second-order valence-electron chi connectivity index (χ2n) is 6.37. The number of hydrogen-bond donors (Lipinski definition) is 2. The highest BCUT2D eigenvalue weighted by Crippen LogP contribution is 2.34. The van der Waals surface area contributed by atoms with Gasteiger partial charge in [-0.2, -0.15) is 4.31 Å². The molecule has 11 heteroatoms. The lowest BCUT2D eigenvalue weighted by molar-refractivity contribution is 0.350. The normalized spacial score (nSPS) is 22.0. The third-order valence-electron chi connectivity index (χ3n) is 4.32. The lowest BCUT2D eigenvalue weighted by atomic mass is 9.90. The summed E-state index contributed by atoms with van der Waals surface area (Å²) in [6.45, 7) is 5.23. The summed E-state index contributed by atoms with van der Waals surface area (Å²) in [5, 5.41) is 0. The molecule has 0 aliphatic carbocycles. The van der Waals surface area contributed by atoms with Gasteiger partial charge in [0.2, 0.25) is 10.0 Å². The number of nitrogens with two attached hydrogens (primary N) is 1. The third-order valence-corrected chi connectivity index (χ3v) is 9.18. The van der Waals surface area contributed by atoms with Crippen molar-refractivity contribution < 1.29 is 16.8 Å². The summed E-state index contributed by atoms with van der Waals surface area (Å²) < 4.78 is 52.5. The van der Waals surface area contributed by atoms with Crippen LogP contribution in [-0.2, 0) is 26.5 Å². The van der Waals surface area contributed by atoms with Gasteiger partial charge in [-0.15, -0.1) is 23.7 Å². The summed E-state index contributed by atoms with van der Waals surface area (Å²) in [6, 6.07) is 3.34. The Labute approximate surface area is 160 Å². The second kappa shape index (κ2) is 8.64. The van der Waals surface area contributed by atoms with E-state index in [1.807, 2.05) is 6.92 Å². The van der Waals surface area contributed by atoms with Crippen molar-refractivity contribution >= 4 is 43.8 Å². The molecule has 0 radical (unpaired) electrons. The Bertz CT molecular complexity index is 779. The maximum atomic E-state index is 12.7. The van der Waals surface area contributed by atoms with Gasteiger partial charge in [-0.1, -0.05) is 6.92 Å². The number of nitrogens with zero attached hydrogens (tertiary/aromatic N) is 1. The third kappa shape index (κ3) is 5.62. The quantitative estimate of drug-likeness (QED) is 0.638. The van der Waals surface area contributed by atoms with Gasteiger partial charge in [0.05, 0.1) is 5.75 Å². The van der Waals surface area contributed by atoms with E-state index in [0.29, 0.717) is 30.3 Å². The van der Waals surface area contributed by atoms with Crippen molar-refractivity contribution in [3.05, 3.63) is 17.0 Å². The first-order chi connectivity index (χ1) is 11.1. The van der Waals surface area contributed by atoms with Crippen LogP contribution in [0.3, 0.4) is 0 Å². The van der Waals surface area contributed by atoms with Crippen LogP contribution in [0.4, 0.5) is 0 Å². The van der Waals surface area contributed by atoms with E-state index in [0.717, 1.165) is 11.3 Å². The van der Waals surface area contributed by atoms with E-state index in [9.17, 15) is 16.8 Å². The van der Waals surface area contributed by atoms with Crippen molar-refractivity contribution in [2.75, 3.05) is 31.9 Å². The van der Waals surface area contributed by atoms with E-state index >= 15 is 0 Å². The van der Waals surface area contributed by atoms with Crippen molar-refractivity contribution in [2.45, 2.75) is 30.9 Å². The van der Waals surface area contributed by atoms with Gasteiger partial charge in [0.25, 0.3) is 10.0 Å². The maximum absolute atomic E-state index is 12.7. The first-order valence-corrected chi connectivity index (χ1v) is 11.8. The fourth-order valence-electron chi connectivity index (χ4n) is 2.54. The highest BCUT2D eigenvalue weighted by molar-refractivity contribution is 7.91. The molecule has 1 fully saturated rings. The molecule has 0 bridgehead atoms. The number of hydrogen-bond acceptors (Lipinski definition) is 6. The molecule has 1 aromatic heterocycles. The topological polar surface area (TPSA) is 110 Å². The van der Waals surface area contributed by atoms with Crippen LogP contribution >= 0.6 is 23.7 Å². The number of nitrogens with one attached hydrogen (secondary N) is 1. The minimum atomic E-state index is -3.50. The Morgan fingerprint density at radius 2 is 2.00 bits per heavy atom. The Balaban J connectivity index is 0.00000312. The minimum absolute atomic E-state index is 0. The van der Waals surface area contributed by atoms with Gasteiger partial charge in [-0.3, -0.25) is 0 Å². The molecule has 25 heavy (non-hydrogen) atoms. The van der Waals surface area contributed by atoms with E-state index in [2.05, 4.69) is 4.72 Å². The second-order valence-corrected chi connectivity index (χ2v) is 11.8. The molecule has 1 aromatic rings. The molecule has 0 amide bonds. The zero-order valence-corrected chi connectivity index (χ0v) is 17.7. The van der Waals surface area contributed by atoms with Crippen molar-refractivity contribution in [3.8, 4) is 0 Å². The van der Waals surface area contributed by atoms with Crippen LogP contribution in [-0.4, -0.2) is 53.1 Å². The van der Waals surface area contributed by atoms with Crippen LogP contribution < -0.4 is 10.5 Å². The Morgan fingerprint density at radius 1 is 1.32 bits per heavy atom. The van der Waals surface area contributed by atoms with Gasteiger partial charge in [-0.05, 0) is 43.9 Å². The lowest BCUT2D eigenvalue weighted by Gasteiger charge is -2.21. The molecule has 146 valence electrons. The summed E-state index contributed by atoms with van der Waals surface area (Å²) in [6.07, 6.45) is 1.24. The Hall–Kier alpha value is -0.230. The molecular weight excluding hydrogens is 406 g/mol. The van der Waals surface area contributed by atoms with E-state index < -0.39 is 20.0 Å². The predicted octanol–water partition coefficient (Wildman–Crippen LogP) is 1.01. The summed E-state index contributed by atoms with van der Waals surface area (Å²) in [7, 11) is -6.72. The van der Waals surface area contributed by atoms with Gasteiger partial charge in [0.1, 0.15) is 4.21 Å². The Kier molecular flexibility index (Phi) is 7.88. The van der Waals surface area contributed by atoms with Crippen molar-refractivity contribution in [2.24, 2.45) is 11.1 Å². The number of sulfonamides is 2. The first kappa shape index (κ1) is 22.8. The van der Waals surface area contributed by atoms with Gasteiger partial charge in [-0.25, -0.2) is 21.6 Å². The minimum Gasteiger partial charge on any atom is -0.330 e. The van der Waals surface area contributed by atoms with Gasteiger partial charge < -0.3 is 5.73 Å². The number of thiophene rings is 1. The fraction of sp³-hybridized carbons (Fsp3) is 0.714. The molecule has 2 heterocycles. The van der Waals surface area contributed by atoms with Crippen molar-refractivity contribution in [3.63, 3.8) is 0 Å². The lowest BCUT2D eigenvalue weighted by Crippen LogP contribution is -2.34. The largest absolute Gasteiger partial charge is 0.330 e.